The van der Waals surface area contributed by atoms with Crippen molar-refractivity contribution in [2.24, 2.45) is 17.8 Å². The van der Waals surface area contributed by atoms with Crippen LogP contribution >= 0.6 is 0 Å². The van der Waals surface area contributed by atoms with E-state index in [1.807, 2.05) is 6.92 Å². The quantitative estimate of drug-likeness (QED) is 0.394. The van der Waals surface area contributed by atoms with Crippen LogP contribution in [0.15, 0.2) is 0 Å². The largest absolute Gasteiger partial charge is 0.356 e. The molecule has 2 nitrogen and oxygen atoms in total. The second kappa shape index (κ2) is 14.1. The van der Waals surface area contributed by atoms with Gasteiger partial charge in [0.25, 0.3) is 0 Å². The summed E-state index contributed by atoms with van der Waals surface area (Å²) in [6, 6.07) is 0. The van der Waals surface area contributed by atoms with Gasteiger partial charge in [-0.1, -0.05) is 72.6 Å². The number of amides is 1. The van der Waals surface area contributed by atoms with Gasteiger partial charge in [0.15, 0.2) is 0 Å². The van der Waals surface area contributed by atoms with Gasteiger partial charge >= 0.3 is 0 Å². The normalized spacial score (nSPS) is 15.3. The van der Waals surface area contributed by atoms with Crippen molar-refractivity contribution >= 4 is 5.91 Å². The first-order chi connectivity index (χ1) is 10.5. The highest BCUT2D eigenvalue weighted by Crippen LogP contribution is 2.22. The molecule has 0 spiro atoms. The molecule has 22 heavy (non-hydrogen) atoms. The molecule has 0 saturated carbocycles. The van der Waals surface area contributed by atoms with Crippen LogP contribution in [0.1, 0.15) is 98.8 Å². The van der Waals surface area contributed by atoms with Crippen molar-refractivity contribution in [1.82, 2.24) is 5.32 Å². The molecule has 0 rings (SSSR count). The lowest BCUT2D eigenvalue weighted by Crippen LogP contribution is -2.30. The van der Waals surface area contributed by atoms with Crippen molar-refractivity contribution in [3.05, 3.63) is 0 Å². The van der Waals surface area contributed by atoms with E-state index >= 15 is 0 Å². The average Bonchev–Trinajstić information content (AvgIpc) is 2.47. The van der Waals surface area contributed by atoms with E-state index in [4.69, 9.17) is 0 Å². The van der Waals surface area contributed by atoms with Gasteiger partial charge in [0.05, 0.1) is 0 Å². The van der Waals surface area contributed by atoms with Gasteiger partial charge in [-0.3, -0.25) is 4.79 Å². The molecule has 0 aromatic heterocycles. The number of nitrogens with one attached hydrogen (secondary N) is 1. The summed E-state index contributed by atoms with van der Waals surface area (Å²) in [6.07, 6.45) is 12.3. The molecule has 0 aromatic rings. The van der Waals surface area contributed by atoms with E-state index in [0.29, 0.717) is 0 Å². The van der Waals surface area contributed by atoms with E-state index < -0.39 is 0 Å². The van der Waals surface area contributed by atoms with Crippen LogP contribution in [0.4, 0.5) is 0 Å². The fourth-order valence-corrected chi connectivity index (χ4v) is 3.37. The van der Waals surface area contributed by atoms with Crippen molar-refractivity contribution in [3.63, 3.8) is 0 Å². The minimum atomic E-state index is 0.237. The molecule has 0 aromatic carbocycles. The van der Waals surface area contributed by atoms with E-state index in [0.717, 1.165) is 31.2 Å². The maximum atomic E-state index is 12.2. The summed E-state index contributed by atoms with van der Waals surface area (Å²) in [5.41, 5.74) is 0. The molecular weight excluding hydrogens is 270 g/mol. The summed E-state index contributed by atoms with van der Waals surface area (Å²) in [7, 11) is 0. The molecule has 3 atom stereocenters. The number of carbonyl (C=O) groups excluding carboxylic acids is 1. The predicted molar refractivity (Wildman–Crippen MR) is 98.0 cm³/mol. The van der Waals surface area contributed by atoms with Crippen molar-refractivity contribution in [1.29, 1.82) is 0 Å². The smallest absolute Gasteiger partial charge is 0.223 e. The van der Waals surface area contributed by atoms with Crippen LogP contribution in [0.25, 0.3) is 0 Å². The van der Waals surface area contributed by atoms with Crippen LogP contribution in [0.3, 0.4) is 0 Å². The Balaban J connectivity index is 4.10. The Morgan fingerprint density at radius 1 is 0.773 bits per heavy atom. The molecule has 0 radical (unpaired) electrons. The first-order valence-corrected chi connectivity index (χ1v) is 9.82. The molecule has 0 heterocycles. The van der Waals surface area contributed by atoms with E-state index in [-0.39, 0.29) is 11.8 Å². The lowest BCUT2D eigenvalue weighted by atomic mass is 9.89. The molecule has 3 unspecified atom stereocenters. The number of unbranched alkanes of at least 4 members (excludes halogenated alkanes) is 1. The summed E-state index contributed by atoms with van der Waals surface area (Å²) >= 11 is 0. The Labute approximate surface area is 139 Å². The van der Waals surface area contributed by atoms with Crippen LogP contribution < -0.4 is 5.32 Å². The van der Waals surface area contributed by atoms with Crippen molar-refractivity contribution in [2.75, 3.05) is 6.54 Å². The van der Waals surface area contributed by atoms with Gasteiger partial charge in [-0.25, -0.2) is 0 Å². The minimum absolute atomic E-state index is 0.237. The van der Waals surface area contributed by atoms with Crippen LogP contribution in [-0.2, 0) is 4.79 Å². The number of hydrogen-bond acceptors (Lipinski definition) is 1. The van der Waals surface area contributed by atoms with Gasteiger partial charge in [0.1, 0.15) is 0 Å². The molecule has 2 heteroatoms. The highest BCUT2D eigenvalue weighted by atomic mass is 16.1. The van der Waals surface area contributed by atoms with E-state index in [1.165, 1.54) is 51.4 Å². The Morgan fingerprint density at radius 2 is 1.32 bits per heavy atom. The zero-order valence-corrected chi connectivity index (χ0v) is 15.9. The Bertz CT molecular complexity index is 264. The first-order valence-electron chi connectivity index (χ1n) is 9.82. The summed E-state index contributed by atoms with van der Waals surface area (Å²) in [6.45, 7) is 12.0. The molecule has 0 saturated heterocycles. The van der Waals surface area contributed by atoms with Crippen molar-refractivity contribution in [3.8, 4) is 0 Å². The molecule has 1 N–H and O–H groups in total. The van der Waals surface area contributed by atoms with Gasteiger partial charge in [-0.05, 0) is 38.0 Å². The maximum Gasteiger partial charge on any atom is 0.223 e. The summed E-state index contributed by atoms with van der Waals surface area (Å²) in [4.78, 5) is 12.2. The average molecular weight is 312 g/mol. The number of carbonyl (C=O) groups is 1. The number of rotatable bonds is 14. The zero-order chi connectivity index (χ0) is 16.8. The van der Waals surface area contributed by atoms with E-state index in [9.17, 15) is 4.79 Å². The second-order valence-electron chi connectivity index (χ2n) is 7.24. The third-order valence-corrected chi connectivity index (χ3v) is 4.79. The van der Waals surface area contributed by atoms with Crippen LogP contribution in [-0.4, -0.2) is 12.5 Å². The topological polar surface area (TPSA) is 29.1 Å². The van der Waals surface area contributed by atoms with Crippen molar-refractivity contribution < 1.29 is 4.79 Å². The molecule has 0 aliphatic rings. The fraction of sp³-hybridized carbons (Fsp3) is 0.950. The summed E-state index contributed by atoms with van der Waals surface area (Å²) in [5.74, 6) is 2.12. The lowest BCUT2D eigenvalue weighted by molar-refractivity contribution is -0.125. The summed E-state index contributed by atoms with van der Waals surface area (Å²) < 4.78 is 0. The first kappa shape index (κ1) is 21.5. The standard InChI is InChI=1S/C20H41NO/c1-6-11-17(4)13-9-10-14-19(20(22)21-8-3)16-15-18(5)12-7-2/h17-19H,6-16H2,1-5H3,(H,21,22). The predicted octanol–water partition coefficient (Wildman–Crippen LogP) is 5.95. The second-order valence-corrected chi connectivity index (χ2v) is 7.24. The molecule has 0 aliphatic heterocycles. The Hall–Kier alpha value is -0.530. The Morgan fingerprint density at radius 3 is 1.86 bits per heavy atom. The monoisotopic (exact) mass is 311 g/mol. The maximum absolute atomic E-state index is 12.2. The highest BCUT2D eigenvalue weighted by molar-refractivity contribution is 5.78. The van der Waals surface area contributed by atoms with Crippen LogP contribution in [0, 0.1) is 17.8 Å². The number of hydrogen-bond donors (Lipinski definition) is 1. The van der Waals surface area contributed by atoms with Gasteiger partial charge < -0.3 is 5.32 Å². The minimum Gasteiger partial charge on any atom is -0.356 e. The molecule has 132 valence electrons. The highest BCUT2D eigenvalue weighted by Gasteiger charge is 2.18. The molecular formula is C20H41NO. The van der Waals surface area contributed by atoms with E-state index in [1.54, 1.807) is 0 Å². The lowest BCUT2D eigenvalue weighted by Gasteiger charge is -2.19. The van der Waals surface area contributed by atoms with Gasteiger partial charge in [-0.2, -0.15) is 0 Å². The van der Waals surface area contributed by atoms with Crippen LogP contribution in [0.2, 0.25) is 0 Å². The van der Waals surface area contributed by atoms with E-state index in [2.05, 4.69) is 33.0 Å². The molecule has 0 aliphatic carbocycles. The molecule has 0 fully saturated rings. The van der Waals surface area contributed by atoms with Crippen LogP contribution in [0.5, 0.6) is 0 Å². The Kier molecular flexibility index (Phi) is 13.7. The zero-order valence-electron chi connectivity index (χ0n) is 15.9. The molecule has 1 amide bonds. The summed E-state index contributed by atoms with van der Waals surface area (Å²) in [5, 5.41) is 3.03. The fourth-order valence-electron chi connectivity index (χ4n) is 3.37. The van der Waals surface area contributed by atoms with Gasteiger partial charge in [0, 0.05) is 12.5 Å². The third-order valence-electron chi connectivity index (χ3n) is 4.79. The third kappa shape index (κ3) is 11.1. The van der Waals surface area contributed by atoms with Gasteiger partial charge in [-0.15, -0.1) is 0 Å². The van der Waals surface area contributed by atoms with Crippen molar-refractivity contribution in [2.45, 2.75) is 98.8 Å². The SMILES string of the molecule is CCCC(C)CCCCC(CCC(C)CCC)C(=O)NCC. The molecule has 0 bridgehead atoms. The van der Waals surface area contributed by atoms with Gasteiger partial charge in [0.2, 0.25) is 5.91 Å².